The van der Waals surface area contributed by atoms with Gasteiger partial charge in [0, 0.05) is 19.7 Å². The van der Waals surface area contributed by atoms with Crippen molar-refractivity contribution >= 4 is 11.6 Å². The van der Waals surface area contributed by atoms with Crippen LogP contribution in [-0.2, 0) is 16.0 Å². The normalized spacial score (nSPS) is 14.0. The number of fused-ring (bicyclic) bond motifs is 1. The lowest BCUT2D eigenvalue weighted by atomic mass is 9.99. The molecule has 0 aromatic heterocycles. The van der Waals surface area contributed by atoms with Gasteiger partial charge in [0.25, 0.3) is 0 Å². The Hall–Kier alpha value is -1.62. The fourth-order valence-corrected chi connectivity index (χ4v) is 2.93. The zero-order valence-corrected chi connectivity index (χ0v) is 14.3. The summed E-state index contributed by atoms with van der Waals surface area (Å²) >= 11 is 0. The second-order valence-corrected chi connectivity index (χ2v) is 6.40. The molecule has 23 heavy (non-hydrogen) atoms. The molecule has 2 rings (SSSR count). The Bertz CT molecular complexity index is 546. The zero-order valence-electron chi connectivity index (χ0n) is 14.3. The molecule has 0 spiro atoms. The van der Waals surface area contributed by atoms with Gasteiger partial charge in [0.1, 0.15) is 5.82 Å². The molecule has 0 atom stereocenters. The molecule has 1 aliphatic heterocycles. The summed E-state index contributed by atoms with van der Waals surface area (Å²) in [5, 5.41) is 2.88. The van der Waals surface area contributed by atoms with Gasteiger partial charge in [-0.1, -0.05) is 6.07 Å². The van der Waals surface area contributed by atoms with E-state index in [0.29, 0.717) is 18.8 Å². The van der Waals surface area contributed by atoms with E-state index < -0.39 is 0 Å². The lowest BCUT2D eigenvalue weighted by Gasteiger charge is -2.31. The van der Waals surface area contributed by atoms with Gasteiger partial charge in [-0.2, -0.15) is 0 Å². The van der Waals surface area contributed by atoms with Crippen molar-refractivity contribution in [1.82, 2.24) is 5.32 Å². The molecule has 0 bridgehead atoms. The van der Waals surface area contributed by atoms with E-state index in [1.165, 1.54) is 6.07 Å². The number of amides is 1. The van der Waals surface area contributed by atoms with E-state index in [-0.39, 0.29) is 24.4 Å². The summed E-state index contributed by atoms with van der Waals surface area (Å²) in [6.07, 6.45) is 2.82. The summed E-state index contributed by atoms with van der Waals surface area (Å²) in [6.45, 7) is 8.02. The standard InChI is InChI=1S/C18H27FN2O2/c1-13(2)23-9-5-7-20-17(22)12-21-8-4-6-15-10-14(3)11-16(19)18(15)21/h10-11,13H,4-9,12H2,1-3H3,(H,20,22). The molecule has 0 fully saturated rings. The second kappa shape index (κ2) is 8.29. The molecule has 1 N–H and O–H groups in total. The number of carbonyl (C=O) groups is 1. The van der Waals surface area contributed by atoms with Gasteiger partial charge in [-0.15, -0.1) is 0 Å². The number of aryl methyl sites for hydroxylation is 2. The Morgan fingerprint density at radius 2 is 2.22 bits per heavy atom. The minimum absolute atomic E-state index is 0.0672. The Morgan fingerprint density at radius 1 is 1.43 bits per heavy atom. The molecule has 1 heterocycles. The number of hydrogen-bond acceptors (Lipinski definition) is 3. The molecule has 5 heteroatoms. The van der Waals surface area contributed by atoms with Gasteiger partial charge in [0.15, 0.2) is 0 Å². The number of halogens is 1. The number of nitrogens with zero attached hydrogens (tertiary/aromatic N) is 1. The summed E-state index contributed by atoms with van der Waals surface area (Å²) in [5.41, 5.74) is 2.53. The molecule has 1 amide bonds. The van der Waals surface area contributed by atoms with Crippen LogP contribution in [0.2, 0.25) is 0 Å². The fraction of sp³-hybridized carbons (Fsp3) is 0.611. The van der Waals surface area contributed by atoms with Crippen LogP contribution >= 0.6 is 0 Å². The molecular weight excluding hydrogens is 295 g/mol. The number of rotatable bonds is 7. The fourth-order valence-electron chi connectivity index (χ4n) is 2.93. The predicted molar refractivity (Wildman–Crippen MR) is 90.4 cm³/mol. The largest absolute Gasteiger partial charge is 0.379 e. The Kier molecular flexibility index (Phi) is 6.39. The minimum atomic E-state index is -0.224. The Morgan fingerprint density at radius 3 is 2.96 bits per heavy atom. The topological polar surface area (TPSA) is 41.6 Å². The van der Waals surface area contributed by atoms with Gasteiger partial charge in [0.05, 0.1) is 18.3 Å². The van der Waals surface area contributed by atoms with Crippen molar-refractivity contribution < 1.29 is 13.9 Å². The van der Waals surface area contributed by atoms with Gasteiger partial charge in [-0.3, -0.25) is 4.79 Å². The maximum absolute atomic E-state index is 14.3. The molecule has 0 saturated carbocycles. The van der Waals surface area contributed by atoms with Crippen LogP contribution in [0.15, 0.2) is 12.1 Å². The number of carbonyl (C=O) groups excluding carboxylic acids is 1. The lowest BCUT2D eigenvalue weighted by Crippen LogP contribution is -2.40. The SMILES string of the molecule is Cc1cc(F)c2c(c1)CCCN2CC(=O)NCCCOC(C)C. The van der Waals surface area contributed by atoms with Crippen molar-refractivity contribution in [1.29, 1.82) is 0 Å². The monoisotopic (exact) mass is 322 g/mol. The van der Waals surface area contributed by atoms with Crippen molar-refractivity contribution in [3.63, 3.8) is 0 Å². The average molecular weight is 322 g/mol. The average Bonchev–Trinajstić information content (AvgIpc) is 2.46. The van der Waals surface area contributed by atoms with Gasteiger partial charge in [0.2, 0.25) is 5.91 Å². The molecule has 0 unspecified atom stereocenters. The van der Waals surface area contributed by atoms with E-state index >= 15 is 0 Å². The molecule has 128 valence electrons. The van der Waals surface area contributed by atoms with Crippen LogP contribution < -0.4 is 10.2 Å². The van der Waals surface area contributed by atoms with Crippen molar-refractivity contribution in [2.24, 2.45) is 0 Å². The molecule has 0 aliphatic carbocycles. The summed E-state index contributed by atoms with van der Waals surface area (Å²) < 4.78 is 19.7. The van der Waals surface area contributed by atoms with Gasteiger partial charge in [-0.25, -0.2) is 4.39 Å². The third-order valence-corrected chi connectivity index (χ3v) is 3.91. The van der Waals surface area contributed by atoms with Crippen molar-refractivity contribution in [2.45, 2.75) is 46.1 Å². The number of hydrogen-bond donors (Lipinski definition) is 1. The van der Waals surface area contributed by atoms with Gasteiger partial charge in [-0.05, 0) is 57.2 Å². The first-order valence-corrected chi connectivity index (χ1v) is 8.39. The predicted octanol–water partition coefficient (Wildman–Crippen LogP) is 2.82. The van der Waals surface area contributed by atoms with Crippen LogP contribution in [0.4, 0.5) is 10.1 Å². The van der Waals surface area contributed by atoms with Crippen molar-refractivity contribution in [3.8, 4) is 0 Å². The highest BCUT2D eigenvalue weighted by molar-refractivity contribution is 5.82. The highest BCUT2D eigenvalue weighted by Crippen LogP contribution is 2.30. The van der Waals surface area contributed by atoms with E-state index in [0.717, 1.165) is 36.9 Å². The summed E-state index contributed by atoms with van der Waals surface area (Å²) in [5.74, 6) is -0.291. The van der Waals surface area contributed by atoms with E-state index in [9.17, 15) is 9.18 Å². The Labute approximate surface area is 138 Å². The van der Waals surface area contributed by atoms with Crippen molar-refractivity contribution in [3.05, 3.63) is 29.1 Å². The molecule has 4 nitrogen and oxygen atoms in total. The van der Waals surface area contributed by atoms with Crippen LogP contribution in [0, 0.1) is 12.7 Å². The van der Waals surface area contributed by atoms with E-state index in [4.69, 9.17) is 4.74 Å². The molecule has 1 aromatic carbocycles. The van der Waals surface area contributed by atoms with Crippen LogP contribution in [0.25, 0.3) is 0 Å². The molecule has 0 saturated heterocycles. The quantitative estimate of drug-likeness (QED) is 0.785. The maximum Gasteiger partial charge on any atom is 0.239 e. The summed E-state index contributed by atoms with van der Waals surface area (Å²) in [7, 11) is 0. The highest BCUT2D eigenvalue weighted by atomic mass is 19.1. The molecular formula is C18H27FN2O2. The van der Waals surface area contributed by atoms with Crippen LogP contribution in [-0.4, -0.2) is 38.3 Å². The smallest absolute Gasteiger partial charge is 0.239 e. The molecule has 0 radical (unpaired) electrons. The van der Waals surface area contributed by atoms with E-state index in [1.54, 1.807) is 0 Å². The van der Waals surface area contributed by atoms with Crippen molar-refractivity contribution in [2.75, 3.05) is 31.1 Å². The number of benzene rings is 1. The maximum atomic E-state index is 14.3. The van der Waals surface area contributed by atoms with Crippen LogP contribution in [0.3, 0.4) is 0 Å². The summed E-state index contributed by atoms with van der Waals surface area (Å²) in [4.78, 5) is 13.9. The highest BCUT2D eigenvalue weighted by Gasteiger charge is 2.22. The lowest BCUT2D eigenvalue weighted by molar-refractivity contribution is -0.119. The van der Waals surface area contributed by atoms with E-state index in [2.05, 4.69) is 5.32 Å². The first kappa shape index (κ1) is 17.7. The van der Waals surface area contributed by atoms with E-state index in [1.807, 2.05) is 31.7 Å². The molecule has 1 aliphatic rings. The summed E-state index contributed by atoms with van der Waals surface area (Å²) in [6, 6.07) is 3.56. The van der Waals surface area contributed by atoms with Gasteiger partial charge < -0.3 is 15.0 Å². The second-order valence-electron chi connectivity index (χ2n) is 6.40. The van der Waals surface area contributed by atoms with Gasteiger partial charge >= 0.3 is 0 Å². The Balaban J connectivity index is 1.86. The van der Waals surface area contributed by atoms with Crippen LogP contribution in [0.1, 0.15) is 37.8 Å². The van der Waals surface area contributed by atoms with Crippen LogP contribution in [0.5, 0.6) is 0 Å². The third-order valence-electron chi connectivity index (χ3n) is 3.91. The number of ether oxygens (including phenoxy) is 1. The minimum Gasteiger partial charge on any atom is -0.379 e. The third kappa shape index (κ3) is 5.20. The first-order chi connectivity index (χ1) is 11.0. The zero-order chi connectivity index (χ0) is 16.8. The first-order valence-electron chi connectivity index (χ1n) is 8.39. The molecule has 1 aromatic rings. The number of anilines is 1. The number of nitrogens with one attached hydrogen (secondary N) is 1.